The van der Waals surface area contributed by atoms with Gasteiger partial charge in [-0.15, -0.1) is 0 Å². The first kappa shape index (κ1) is 28.0. The van der Waals surface area contributed by atoms with Crippen LogP contribution in [0.3, 0.4) is 0 Å². The molecule has 3 rings (SSSR count). The Hall–Kier alpha value is -2.53. The van der Waals surface area contributed by atoms with Crippen molar-refractivity contribution in [2.75, 3.05) is 45.2 Å². The first-order chi connectivity index (χ1) is 17.3. The van der Waals surface area contributed by atoms with E-state index >= 15 is 0 Å². The van der Waals surface area contributed by atoms with Gasteiger partial charge in [0.05, 0.1) is 4.90 Å². The fraction of sp³-hybridized carbons (Fsp3) is 0.538. The molecule has 0 spiro atoms. The minimum atomic E-state index is -3.55. The van der Waals surface area contributed by atoms with E-state index in [0.29, 0.717) is 24.6 Å². The van der Waals surface area contributed by atoms with Crippen LogP contribution in [-0.2, 0) is 27.6 Å². The highest BCUT2D eigenvalue weighted by Crippen LogP contribution is 2.16. The molecule has 0 bridgehead atoms. The van der Waals surface area contributed by atoms with Crippen LogP contribution in [0.2, 0.25) is 0 Å². The summed E-state index contributed by atoms with van der Waals surface area (Å²) < 4.78 is 33.5. The fourth-order valence-corrected chi connectivity index (χ4v) is 5.62. The van der Waals surface area contributed by atoms with Gasteiger partial charge in [0.15, 0.2) is 0 Å². The second-order valence-electron chi connectivity index (χ2n) is 9.20. The molecule has 9 nitrogen and oxygen atoms in total. The number of carbonyl (C=O) groups excluding carboxylic acids is 1. The van der Waals surface area contributed by atoms with Crippen LogP contribution >= 0.6 is 0 Å². The molecule has 3 N–H and O–H groups in total. The SMILES string of the molecule is CCc1cc(NC(=O)NCCN2CCC(NS(=O)(=O)c3ccc(CCCOC)cc3)CC2)cc(C)n1. The molecule has 1 saturated heterocycles. The second-order valence-corrected chi connectivity index (χ2v) is 10.9. The highest BCUT2D eigenvalue weighted by Gasteiger charge is 2.24. The van der Waals surface area contributed by atoms with Crippen molar-refractivity contribution in [2.24, 2.45) is 0 Å². The average molecular weight is 518 g/mol. The third kappa shape index (κ3) is 8.85. The van der Waals surface area contributed by atoms with E-state index in [4.69, 9.17) is 4.74 Å². The van der Waals surface area contributed by atoms with Crippen molar-refractivity contribution in [3.05, 3.63) is 53.3 Å². The Kier molecular flexibility index (Phi) is 10.7. The zero-order chi connectivity index (χ0) is 26.0. The number of nitrogens with one attached hydrogen (secondary N) is 3. The van der Waals surface area contributed by atoms with Gasteiger partial charge in [0.2, 0.25) is 10.0 Å². The standard InChI is InChI=1S/C26H39N5O4S/c1-4-22-19-24(18-20(2)28-22)29-26(32)27-13-16-31-14-11-23(12-15-31)30-36(33,34)25-9-7-21(8-10-25)6-5-17-35-3/h7-10,18-19,23,30H,4-6,11-17H2,1-3H3,(H2,27,28,29,32). The van der Waals surface area contributed by atoms with Crippen molar-refractivity contribution >= 4 is 21.7 Å². The van der Waals surface area contributed by atoms with Crippen molar-refractivity contribution in [3.8, 4) is 0 Å². The van der Waals surface area contributed by atoms with Gasteiger partial charge in [-0.25, -0.2) is 17.9 Å². The number of ether oxygens (including phenoxy) is 1. The van der Waals surface area contributed by atoms with Crippen molar-refractivity contribution in [3.63, 3.8) is 0 Å². The number of methoxy groups -OCH3 is 1. The van der Waals surface area contributed by atoms with E-state index < -0.39 is 10.0 Å². The van der Waals surface area contributed by atoms with Crippen LogP contribution in [0, 0.1) is 6.92 Å². The van der Waals surface area contributed by atoms with Crippen molar-refractivity contribution in [1.82, 2.24) is 19.9 Å². The molecule has 1 aromatic carbocycles. The summed E-state index contributed by atoms with van der Waals surface area (Å²) in [5.41, 5.74) is 3.66. The van der Waals surface area contributed by atoms with Crippen molar-refractivity contribution in [1.29, 1.82) is 0 Å². The summed E-state index contributed by atoms with van der Waals surface area (Å²) in [4.78, 5) is 19.2. The van der Waals surface area contributed by atoms with E-state index in [1.165, 1.54) is 0 Å². The average Bonchev–Trinajstić information content (AvgIpc) is 2.85. The largest absolute Gasteiger partial charge is 0.385 e. The van der Waals surface area contributed by atoms with E-state index in [-0.39, 0.29) is 12.1 Å². The maximum Gasteiger partial charge on any atom is 0.319 e. The Labute approximate surface area is 215 Å². The third-order valence-corrected chi connectivity index (χ3v) is 7.83. The Morgan fingerprint density at radius 3 is 2.56 bits per heavy atom. The maximum absolute atomic E-state index is 12.8. The van der Waals surface area contributed by atoms with Crippen LogP contribution in [0.1, 0.15) is 43.1 Å². The van der Waals surface area contributed by atoms with Gasteiger partial charge >= 0.3 is 6.03 Å². The van der Waals surface area contributed by atoms with E-state index in [2.05, 4.69) is 25.2 Å². The number of rotatable bonds is 12. The minimum absolute atomic E-state index is 0.0911. The summed E-state index contributed by atoms with van der Waals surface area (Å²) in [6.07, 6.45) is 4.04. The lowest BCUT2D eigenvalue weighted by Gasteiger charge is -2.32. The lowest BCUT2D eigenvalue weighted by molar-refractivity contribution is 0.195. The predicted octanol–water partition coefficient (Wildman–Crippen LogP) is 3.10. The normalized spacial score (nSPS) is 15.1. The predicted molar refractivity (Wildman–Crippen MR) is 142 cm³/mol. The number of amides is 2. The third-order valence-electron chi connectivity index (χ3n) is 6.30. The molecule has 2 aromatic rings. The highest BCUT2D eigenvalue weighted by atomic mass is 32.2. The van der Waals surface area contributed by atoms with E-state index in [1.807, 2.05) is 38.1 Å². The van der Waals surface area contributed by atoms with Gasteiger partial charge in [-0.2, -0.15) is 0 Å². The van der Waals surface area contributed by atoms with Crippen molar-refractivity contribution in [2.45, 2.75) is 56.9 Å². The Balaban J connectivity index is 1.37. The lowest BCUT2D eigenvalue weighted by atomic mass is 10.1. The Bertz CT molecular complexity index is 1080. The number of aryl methyl sites for hydroxylation is 3. The van der Waals surface area contributed by atoms with Gasteiger partial charge in [-0.3, -0.25) is 4.98 Å². The number of nitrogens with zero attached hydrogens (tertiary/aromatic N) is 2. The zero-order valence-corrected chi connectivity index (χ0v) is 22.4. The van der Waals surface area contributed by atoms with Crippen LogP contribution in [0.15, 0.2) is 41.3 Å². The van der Waals surface area contributed by atoms with E-state index in [1.54, 1.807) is 19.2 Å². The molecule has 2 amide bonds. The molecule has 1 aliphatic rings. The monoisotopic (exact) mass is 517 g/mol. The molecule has 0 radical (unpaired) electrons. The fourth-order valence-electron chi connectivity index (χ4n) is 4.31. The van der Waals surface area contributed by atoms with Gasteiger partial charge < -0.3 is 20.3 Å². The molecule has 0 unspecified atom stereocenters. The number of likely N-dealkylation sites (tertiary alicyclic amines) is 1. The summed E-state index contributed by atoms with van der Waals surface area (Å²) in [5.74, 6) is 0. The molecule has 0 saturated carbocycles. The van der Waals surface area contributed by atoms with Crippen LogP contribution < -0.4 is 15.4 Å². The first-order valence-corrected chi connectivity index (χ1v) is 14.1. The molecule has 1 fully saturated rings. The molecular weight excluding hydrogens is 478 g/mol. The summed E-state index contributed by atoms with van der Waals surface area (Å²) in [5, 5.41) is 5.76. The molecule has 1 aromatic heterocycles. The van der Waals surface area contributed by atoms with Crippen LogP contribution in [0.5, 0.6) is 0 Å². The number of anilines is 1. The molecule has 2 heterocycles. The van der Waals surface area contributed by atoms with Crippen LogP contribution in [0.25, 0.3) is 0 Å². The summed E-state index contributed by atoms with van der Waals surface area (Å²) >= 11 is 0. The minimum Gasteiger partial charge on any atom is -0.385 e. The number of aromatic nitrogens is 1. The molecule has 36 heavy (non-hydrogen) atoms. The number of piperidine rings is 1. The molecular formula is C26H39N5O4S. The number of pyridine rings is 1. The van der Waals surface area contributed by atoms with Gasteiger partial charge in [0.25, 0.3) is 0 Å². The highest BCUT2D eigenvalue weighted by molar-refractivity contribution is 7.89. The summed E-state index contributed by atoms with van der Waals surface area (Å²) in [6, 6.07) is 10.5. The number of sulfonamides is 1. The summed E-state index contributed by atoms with van der Waals surface area (Å²) in [7, 11) is -1.87. The second kappa shape index (κ2) is 13.7. The molecule has 198 valence electrons. The number of benzene rings is 1. The maximum atomic E-state index is 12.8. The topological polar surface area (TPSA) is 113 Å². The molecule has 0 aliphatic carbocycles. The Morgan fingerprint density at radius 1 is 1.17 bits per heavy atom. The summed E-state index contributed by atoms with van der Waals surface area (Å²) in [6.45, 7) is 7.41. The van der Waals surface area contributed by atoms with Gasteiger partial charge in [-0.1, -0.05) is 19.1 Å². The Morgan fingerprint density at radius 2 is 1.89 bits per heavy atom. The van der Waals surface area contributed by atoms with Gasteiger partial charge in [0, 0.05) is 49.9 Å². The first-order valence-electron chi connectivity index (χ1n) is 12.6. The lowest BCUT2D eigenvalue weighted by Crippen LogP contribution is -2.46. The number of hydrogen-bond acceptors (Lipinski definition) is 6. The number of urea groups is 1. The van der Waals surface area contributed by atoms with Crippen LogP contribution in [-0.4, -0.2) is 70.3 Å². The number of hydrogen-bond donors (Lipinski definition) is 3. The molecule has 10 heteroatoms. The zero-order valence-electron chi connectivity index (χ0n) is 21.5. The van der Waals surface area contributed by atoms with Crippen LogP contribution in [0.4, 0.5) is 10.5 Å². The molecule has 1 aliphatic heterocycles. The van der Waals surface area contributed by atoms with Gasteiger partial charge in [-0.05, 0) is 81.9 Å². The molecule has 0 atom stereocenters. The van der Waals surface area contributed by atoms with E-state index in [0.717, 1.165) is 67.8 Å². The van der Waals surface area contributed by atoms with Crippen molar-refractivity contribution < 1.29 is 17.9 Å². The van der Waals surface area contributed by atoms with E-state index in [9.17, 15) is 13.2 Å². The quantitative estimate of drug-likeness (QED) is 0.373. The number of carbonyl (C=O) groups is 1. The van der Waals surface area contributed by atoms with Gasteiger partial charge in [0.1, 0.15) is 0 Å². The smallest absolute Gasteiger partial charge is 0.319 e.